The Morgan fingerprint density at radius 3 is 2.59 bits per heavy atom. The third-order valence-electron chi connectivity index (χ3n) is 4.79. The van der Waals surface area contributed by atoms with Crippen LogP contribution in [0.1, 0.15) is 35.9 Å². The van der Waals surface area contributed by atoms with Crippen LogP contribution in [0, 0.1) is 13.8 Å². The van der Waals surface area contributed by atoms with Gasteiger partial charge in [0, 0.05) is 24.0 Å². The fraction of sp³-hybridized carbons (Fsp3) is 0.318. The van der Waals surface area contributed by atoms with E-state index in [1.165, 1.54) is 11.1 Å². The summed E-state index contributed by atoms with van der Waals surface area (Å²) in [4.78, 5) is 9.51. The van der Waals surface area contributed by atoms with E-state index in [9.17, 15) is 0 Å². The summed E-state index contributed by atoms with van der Waals surface area (Å²) < 4.78 is 1.91. The van der Waals surface area contributed by atoms with Gasteiger partial charge in [0.25, 0.3) is 0 Å². The lowest BCUT2D eigenvalue weighted by molar-refractivity contribution is 0.856. The summed E-state index contributed by atoms with van der Waals surface area (Å²) in [7, 11) is 0. The van der Waals surface area contributed by atoms with Crippen molar-refractivity contribution >= 4 is 22.5 Å². The van der Waals surface area contributed by atoms with Crippen LogP contribution >= 0.6 is 0 Å². The minimum Gasteiger partial charge on any atom is -0.370 e. The molecule has 0 amide bonds. The lowest BCUT2D eigenvalue weighted by Crippen LogP contribution is -2.10. The van der Waals surface area contributed by atoms with Gasteiger partial charge in [0.1, 0.15) is 5.82 Å². The Bertz CT molecular complexity index is 1080. The molecule has 0 unspecified atom stereocenters. The van der Waals surface area contributed by atoms with Gasteiger partial charge in [-0.15, -0.1) is 5.10 Å². The number of hydrogen-bond acceptors (Lipinski definition) is 4. The molecule has 0 aliphatic heterocycles. The van der Waals surface area contributed by atoms with Crippen molar-refractivity contribution in [2.24, 2.45) is 0 Å². The van der Waals surface area contributed by atoms with Gasteiger partial charge in [-0.05, 0) is 43.9 Å². The smallest absolute Gasteiger partial charge is 0.184 e. The van der Waals surface area contributed by atoms with E-state index in [2.05, 4.69) is 60.5 Å². The maximum absolute atomic E-state index is 4.89. The fourth-order valence-electron chi connectivity index (χ4n) is 3.56. The molecule has 138 valence electrons. The molecule has 4 rings (SSSR count). The molecule has 27 heavy (non-hydrogen) atoms. The number of rotatable bonds is 6. The molecule has 4 aromatic rings. The molecule has 3 aromatic heterocycles. The molecule has 0 spiro atoms. The van der Waals surface area contributed by atoms with E-state index in [1.807, 2.05) is 17.5 Å². The Morgan fingerprint density at radius 1 is 1.00 bits per heavy atom. The summed E-state index contributed by atoms with van der Waals surface area (Å²) in [5.74, 6) is 0.981. The van der Waals surface area contributed by atoms with Gasteiger partial charge in [-0.25, -0.2) is 9.97 Å². The van der Waals surface area contributed by atoms with Crippen LogP contribution in [0.5, 0.6) is 0 Å². The number of nitrogens with one attached hydrogen (secondary N) is 1. The van der Waals surface area contributed by atoms with Crippen molar-refractivity contribution in [2.45, 2.75) is 40.0 Å². The van der Waals surface area contributed by atoms with Gasteiger partial charge < -0.3 is 5.32 Å². The molecule has 0 bridgehead atoms. The van der Waals surface area contributed by atoms with Crippen molar-refractivity contribution in [3.8, 4) is 0 Å². The largest absolute Gasteiger partial charge is 0.370 e. The highest BCUT2D eigenvalue weighted by Gasteiger charge is 2.15. The summed E-state index contributed by atoms with van der Waals surface area (Å²) in [6, 6.07) is 14.7. The summed E-state index contributed by atoms with van der Waals surface area (Å²) in [6.45, 7) is 7.14. The lowest BCUT2D eigenvalue weighted by Gasteiger charge is -2.10. The Morgan fingerprint density at radius 2 is 1.81 bits per heavy atom. The van der Waals surface area contributed by atoms with Gasteiger partial charge in [-0.3, -0.25) is 0 Å². The second-order valence-corrected chi connectivity index (χ2v) is 7.06. The lowest BCUT2D eigenvalue weighted by atomic mass is 10.1. The molecule has 0 fully saturated rings. The molecule has 0 atom stereocenters. The van der Waals surface area contributed by atoms with Crippen LogP contribution in [-0.2, 0) is 12.8 Å². The van der Waals surface area contributed by atoms with Gasteiger partial charge >= 0.3 is 0 Å². The third kappa shape index (κ3) is 3.50. The number of nitrogens with zero attached hydrogens (tertiary/aromatic N) is 4. The molecule has 5 heteroatoms. The van der Waals surface area contributed by atoms with E-state index in [0.717, 1.165) is 59.7 Å². The SMILES string of the molecule is CCCc1cc(NCCc2ccccc2)n2nc3nc(C)cc(C)c3c2n1. The second-order valence-electron chi connectivity index (χ2n) is 7.06. The molecule has 0 saturated carbocycles. The number of anilines is 1. The zero-order chi connectivity index (χ0) is 18.8. The van der Waals surface area contributed by atoms with E-state index < -0.39 is 0 Å². The first-order chi connectivity index (χ1) is 13.2. The second kappa shape index (κ2) is 7.35. The molecule has 1 N–H and O–H groups in total. The van der Waals surface area contributed by atoms with Gasteiger partial charge in [0.2, 0.25) is 0 Å². The van der Waals surface area contributed by atoms with E-state index in [1.54, 1.807) is 0 Å². The molecular weight excluding hydrogens is 334 g/mol. The molecule has 3 heterocycles. The van der Waals surface area contributed by atoms with Crippen LogP contribution in [-0.4, -0.2) is 26.1 Å². The molecule has 5 nitrogen and oxygen atoms in total. The Kier molecular flexibility index (Phi) is 4.75. The van der Waals surface area contributed by atoms with Crippen molar-refractivity contribution in [3.05, 3.63) is 65.0 Å². The highest BCUT2D eigenvalue weighted by atomic mass is 15.3. The first kappa shape index (κ1) is 17.5. The summed E-state index contributed by atoms with van der Waals surface area (Å²) in [6.07, 6.45) is 2.98. The minimum absolute atomic E-state index is 0.764. The molecule has 0 aliphatic rings. The van der Waals surface area contributed by atoms with Crippen molar-refractivity contribution in [3.63, 3.8) is 0 Å². The fourth-order valence-corrected chi connectivity index (χ4v) is 3.56. The molecule has 1 aromatic carbocycles. The van der Waals surface area contributed by atoms with Crippen LogP contribution in [0.25, 0.3) is 16.7 Å². The summed E-state index contributed by atoms with van der Waals surface area (Å²) in [5, 5.41) is 9.35. The van der Waals surface area contributed by atoms with E-state index in [-0.39, 0.29) is 0 Å². The third-order valence-corrected chi connectivity index (χ3v) is 4.79. The predicted octanol–water partition coefficient (Wildman–Crippen LogP) is 4.50. The highest BCUT2D eigenvalue weighted by molar-refractivity contribution is 5.93. The zero-order valence-electron chi connectivity index (χ0n) is 16.2. The van der Waals surface area contributed by atoms with E-state index in [4.69, 9.17) is 10.1 Å². The highest BCUT2D eigenvalue weighted by Crippen LogP contribution is 2.25. The average molecular weight is 359 g/mol. The van der Waals surface area contributed by atoms with Crippen LogP contribution in [0.15, 0.2) is 42.5 Å². The van der Waals surface area contributed by atoms with Gasteiger partial charge in [-0.1, -0.05) is 43.7 Å². The molecule has 0 saturated heterocycles. The van der Waals surface area contributed by atoms with Gasteiger partial charge in [0.05, 0.1) is 5.39 Å². The first-order valence-electron chi connectivity index (χ1n) is 9.60. The predicted molar refractivity (Wildman–Crippen MR) is 110 cm³/mol. The maximum atomic E-state index is 4.89. The zero-order valence-corrected chi connectivity index (χ0v) is 16.2. The van der Waals surface area contributed by atoms with Crippen molar-refractivity contribution in [1.29, 1.82) is 0 Å². The number of fused-ring (bicyclic) bond motifs is 3. The normalized spacial score (nSPS) is 11.4. The molecule has 0 radical (unpaired) electrons. The minimum atomic E-state index is 0.764. The summed E-state index contributed by atoms with van der Waals surface area (Å²) >= 11 is 0. The first-order valence-corrected chi connectivity index (χ1v) is 9.60. The standard InChI is InChI=1S/C22H25N5/c1-4-8-18-14-19(23-12-11-17-9-6-5-7-10-17)27-22(25-18)20-15(2)13-16(3)24-21(20)26-27/h5-7,9-10,13-14,23H,4,8,11-12H2,1-3H3. The van der Waals surface area contributed by atoms with E-state index >= 15 is 0 Å². The van der Waals surface area contributed by atoms with Gasteiger partial charge in [0.15, 0.2) is 11.3 Å². The van der Waals surface area contributed by atoms with Crippen LogP contribution < -0.4 is 5.32 Å². The average Bonchev–Trinajstić information content (AvgIpc) is 3.01. The number of hydrogen-bond donors (Lipinski definition) is 1. The van der Waals surface area contributed by atoms with Crippen LogP contribution in [0.4, 0.5) is 5.82 Å². The topological polar surface area (TPSA) is 55.1 Å². The van der Waals surface area contributed by atoms with Crippen LogP contribution in [0.3, 0.4) is 0 Å². The molecule has 0 aliphatic carbocycles. The number of benzene rings is 1. The van der Waals surface area contributed by atoms with Crippen LogP contribution in [0.2, 0.25) is 0 Å². The summed E-state index contributed by atoms with van der Waals surface area (Å²) in [5.41, 5.74) is 6.22. The van der Waals surface area contributed by atoms with Gasteiger partial charge in [-0.2, -0.15) is 4.52 Å². The maximum Gasteiger partial charge on any atom is 0.184 e. The monoisotopic (exact) mass is 359 g/mol. The Balaban J connectivity index is 1.74. The number of aryl methyl sites for hydroxylation is 3. The number of aromatic nitrogens is 4. The van der Waals surface area contributed by atoms with Crippen molar-refractivity contribution in [1.82, 2.24) is 19.6 Å². The van der Waals surface area contributed by atoms with E-state index in [0.29, 0.717) is 0 Å². The Labute approximate surface area is 159 Å². The molecular formula is C22H25N5. The van der Waals surface area contributed by atoms with Crippen molar-refractivity contribution < 1.29 is 0 Å². The quantitative estimate of drug-likeness (QED) is 0.551. The van der Waals surface area contributed by atoms with Crippen molar-refractivity contribution in [2.75, 3.05) is 11.9 Å². The number of pyridine rings is 1. The Hall–Kier alpha value is -2.95.